The van der Waals surface area contributed by atoms with Crippen LogP contribution in [0.4, 0.5) is 65.0 Å². The third-order valence-corrected chi connectivity index (χ3v) is 0.243. The van der Waals surface area contributed by atoms with Crippen LogP contribution in [0.3, 0.4) is 0 Å². The molecule has 0 bridgehead atoms. The van der Waals surface area contributed by atoms with Crippen molar-refractivity contribution in [3.63, 3.8) is 0 Å². The van der Waals surface area contributed by atoms with Crippen LogP contribution < -0.4 is 18.9 Å². The third kappa shape index (κ3) is 288. The van der Waals surface area contributed by atoms with Crippen molar-refractivity contribution in [2.24, 2.45) is 0 Å². The molecule has 0 aromatic carbocycles. The second kappa shape index (κ2) is 12.6. The number of carboxylic acid groups (broad SMARTS) is 1. The van der Waals surface area contributed by atoms with E-state index in [0.717, 1.165) is 0 Å². The smallest absolute Gasteiger partial charge is 1.00 e. The van der Waals surface area contributed by atoms with Crippen LogP contribution in [0.1, 0.15) is 1.43 Å². The molecule has 0 spiro atoms. The monoisotopic (exact) mass is 383 g/mol. The Kier molecular flexibility index (Phi) is 18.5. The average molecular weight is 382 g/mol. The number of halogens is 15. The maximum atomic E-state index is 10.6. The van der Waals surface area contributed by atoms with Crippen LogP contribution in [-0.4, -0.2) is 39.0 Å². The van der Waals surface area contributed by atoms with Gasteiger partial charge in [-0.3, -0.25) is 0 Å². The maximum absolute atomic E-state index is 10.6. The Morgan fingerprint density at radius 1 is 0.652 bits per heavy atom. The average Bonchev–Trinajstić information content (AvgIpc) is 1.89. The van der Waals surface area contributed by atoms with E-state index in [1.54, 1.807) is 0 Å². The van der Waals surface area contributed by atoms with Gasteiger partial charge in [-0.25, -0.2) is 4.79 Å². The molecule has 0 atom stereocenters. The van der Waals surface area contributed by atoms with Crippen molar-refractivity contribution in [1.29, 1.82) is 0 Å². The van der Waals surface area contributed by atoms with Gasteiger partial charge in [0.15, 0.2) is 0 Å². The fourth-order valence-electron chi connectivity index (χ4n) is 0. The molecular formula is C2H2B3F15LiO2-3. The van der Waals surface area contributed by atoms with Crippen LogP contribution in [0.25, 0.3) is 0 Å². The molecule has 0 rings (SSSR count). The predicted molar refractivity (Wildman–Crippen MR) is 45.4 cm³/mol. The van der Waals surface area contributed by atoms with Gasteiger partial charge in [0.25, 0.3) is 0 Å². The number of carbonyl (C=O) groups is 1. The molecule has 0 unspecified atom stereocenters. The maximum Gasteiger partial charge on any atom is 1.00 e. The Labute approximate surface area is 130 Å². The Morgan fingerprint density at radius 3 is 0.696 bits per heavy atom. The zero-order valence-corrected chi connectivity index (χ0v) is 10.3. The molecule has 0 saturated heterocycles. The van der Waals surface area contributed by atoms with E-state index < -0.39 is 33.9 Å². The molecule has 0 amide bonds. The van der Waals surface area contributed by atoms with Gasteiger partial charge in [-0.1, -0.05) is 0 Å². The summed E-state index contributed by atoms with van der Waals surface area (Å²) in [5, 5.41) is 7.12. The minimum absolute atomic E-state index is 0. The number of hydrogen-bond acceptors (Lipinski definition) is 1. The minimum Gasteiger partial charge on any atom is -1.00 e. The van der Waals surface area contributed by atoms with E-state index in [4.69, 9.17) is 9.90 Å². The molecule has 0 aliphatic rings. The molecule has 0 aliphatic heterocycles. The second-order valence-electron chi connectivity index (χ2n) is 2.29. The van der Waals surface area contributed by atoms with Gasteiger partial charge in [0.2, 0.25) is 0 Å². The van der Waals surface area contributed by atoms with Crippen LogP contribution in [0.2, 0.25) is 0 Å². The molecule has 1 N–H and O–H groups in total. The molecule has 0 aliphatic carbocycles. The van der Waals surface area contributed by atoms with Crippen LogP contribution >= 0.6 is 0 Å². The zero-order valence-electron chi connectivity index (χ0n) is 11.3. The fourth-order valence-corrected chi connectivity index (χ4v) is 0. The molecule has 0 aromatic rings. The topological polar surface area (TPSA) is 37.3 Å². The molecule has 0 aromatic heterocycles. The standard InChI is InChI=1S/C2HF3O2.3BF4.Li.H/c3-2(4,5)1(6)7;3*2-1(3,4)5;;/h(H,6,7);;;;;/q;3*-1;+1;-1. The van der Waals surface area contributed by atoms with Gasteiger partial charge in [0, 0.05) is 0 Å². The second-order valence-corrected chi connectivity index (χ2v) is 2.29. The van der Waals surface area contributed by atoms with Gasteiger partial charge in [0.05, 0.1) is 0 Å². The summed E-state index contributed by atoms with van der Waals surface area (Å²) in [6.45, 7) is 0. The largest absolute Gasteiger partial charge is 1.00 e. The van der Waals surface area contributed by atoms with Crippen LogP contribution in [-0.2, 0) is 4.79 Å². The van der Waals surface area contributed by atoms with Crippen molar-refractivity contribution < 1.29 is 95.1 Å². The van der Waals surface area contributed by atoms with Gasteiger partial charge < -0.3 is 58.3 Å². The summed E-state index contributed by atoms with van der Waals surface area (Å²) in [4.78, 5) is 8.90. The molecule has 0 saturated carbocycles. The van der Waals surface area contributed by atoms with E-state index in [1.165, 1.54) is 0 Å². The zero-order chi connectivity index (χ0) is 19.6. The van der Waals surface area contributed by atoms with Crippen LogP contribution in [0.5, 0.6) is 0 Å². The summed E-state index contributed by atoms with van der Waals surface area (Å²) in [5.74, 6) is -2.76. The normalized spacial score (nSPS) is 11.3. The molecule has 0 radical (unpaired) electrons. The van der Waals surface area contributed by atoms with Crippen molar-refractivity contribution in [1.82, 2.24) is 0 Å². The number of carboxylic acids is 1. The van der Waals surface area contributed by atoms with Gasteiger partial charge in [-0.2, -0.15) is 13.2 Å². The first kappa shape index (κ1) is 33.7. The third-order valence-electron chi connectivity index (χ3n) is 0.243. The van der Waals surface area contributed by atoms with Gasteiger partial charge in [0.1, 0.15) is 0 Å². The van der Waals surface area contributed by atoms with Gasteiger partial charge in [-0.05, 0) is 0 Å². The van der Waals surface area contributed by atoms with Crippen molar-refractivity contribution >= 4 is 27.7 Å². The van der Waals surface area contributed by atoms with Crippen molar-refractivity contribution in [3.05, 3.63) is 0 Å². The van der Waals surface area contributed by atoms with E-state index in [1.807, 2.05) is 0 Å². The molecule has 0 heterocycles. The van der Waals surface area contributed by atoms with E-state index in [9.17, 15) is 65.0 Å². The Morgan fingerprint density at radius 2 is 0.696 bits per heavy atom. The van der Waals surface area contributed by atoms with Crippen molar-refractivity contribution in [3.8, 4) is 0 Å². The van der Waals surface area contributed by atoms with E-state index >= 15 is 0 Å². The number of hydrogen-bond donors (Lipinski definition) is 1. The molecule has 0 fully saturated rings. The number of aliphatic carboxylic acids is 1. The summed E-state index contributed by atoms with van der Waals surface area (Å²) in [7, 11) is -18.0. The first-order chi connectivity index (χ1) is 8.94. The summed E-state index contributed by atoms with van der Waals surface area (Å²) in [5.41, 5.74) is 0. The molecule has 140 valence electrons. The fraction of sp³-hybridized carbons (Fsp3) is 0.500. The number of alkyl halides is 3. The van der Waals surface area contributed by atoms with E-state index in [-0.39, 0.29) is 20.3 Å². The Bertz CT molecular complexity index is 249. The van der Waals surface area contributed by atoms with Gasteiger partial charge in [-0.15, -0.1) is 0 Å². The van der Waals surface area contributed by atoms with E-state index in [0.29, 0.717) is 0 Å². The quantitative estimate of drug-likeness (QED) is 0.511. The van der Waals surface area contributed by atoms with Crippen molar-refractivity contribution in [2.45, 2.75) is 6.18 Å². The van der Waals surface area contributed by atoms with E-state index in [2.05, 4.69) is 0 Å². The molecular weight excluding hydrogens is 380 g/mol. The summed E-state index contributed by atoms with van der Waals surface area (Å²) in [6, 6.07) is 0. The Hall–Kier alpha value is -0.788. The van der Waals surface area contributed by atoms with Gasteiger partial charge >= 0.3 is 52.8 Å². The number of rotatable bonds is 0. The summed E-state index contributed by atoms with van der Waals surface area (Å²) < 4.78 is 149. The van der Waals surface area contributed by atoms with Crippen LogP contribution in [0.15, 0.2) is 0 Å². The van der Waals surface area contributed by atoms with Crippen molar-refractivity contribution in [2.75, 3.05) is 0 Å². The minimum atomic E-state index is -6.00. The first-order valence-corrected chi connectivity index (χ1v) is 3.86. The Balaban J connectivity index is -0.0000000443. The predicted octanol–water partition coefficient (Wildman–Crippen LogP) is 1.65. The summed E-state index contributed by atoms with van der Waals surface area (Å²) in [6.07, 6.45) is -5.08. The SMILES string of the molecule is F[B-](F)(F)F.F[B-](F)(F)F.F[B-](F)(F)F.O=C(O)C(F)(F)F.[H-].[Li+]. The summed E-state index contributed by atoms with van der Waals surface area (Å²) >= 11 is 0. The first-order valence-electron chi connectivity index (χ1n) is 3.86. The van der Waals surface area contributed by atoms with Crippen LogP contribution in [0, 0.1) is 0 Å². The molecule has 2 nitrogen and oxygen atoms in total. The molecule has 23 heavy (non-hydrogen) atoms. The molecule has 21 heteroatoms.